The fourth-order valence-corrected chi connectivity index (χ4v) is 3.29. The van der Waals surface area contributed by atoms with Crippen molar-refractivity contribution in [1.82, 2.24) is 4.31 Å². The lowest BCUT2D eigenvalue weighted by Gasteiger charge is -2.29. The number of aryl methyl sites for hydroxylation is 1. The number of piperidine rings is 1. The molecule has 1 aliphatic rings. The van der Waals surface area contributed by atoms with Crippen molar-refractivity contribution in [3.63, 3.8) is 0 Å². The molecule has 0 atom stereocenters. The zero-order valence-corrected chi connectivity index (χ0v) is 12.9. The first-order chi connectivity index (χ1) is 9.77. The van der Waals surface area contributed by atoms with Crippen molar-refractivity contribution in [3.05, 3.63) is 29.6 Å². The van der Waals surface area contributed by atoms with Crippen LogP contribution in [0.25, 0.3) is 0 Å². The number of anilines is 1. The van der Waals surface area contributed by atoms with Crippen LogP contribution in [0.15, 0.2) is 18.2 Å². The average molecular weight is 314 g/mol. The van der Waals surface area contributed by atoms with Crippen molar-refractivity contribution < 1.29 is 17.6 Å². The van der Waals surface area contributed by atoms with Gasteiger partial charge < -0.3 is 5.32 Å². The van der Waals surface area contributed by atoms with Crippen LogP contribution < -0.4 is 5.32 Å². The first-order valence-electron chi connectivity index (χ1n) is 6.79. The van der Waals surface area contributed by atoms with E-state index in [1.54, 1.807) is 12.1 Å². The normalized spacial score (nSPS) is 17.7. The van der Waals surface area contributed by atoms with Gasteiger partial charge in [0.15, 0.2) is 0 Å². The van der Waals surface area contributed by atoms with Crippen molar-refractivity contribution in [2.75, 3.05) is 24.7 Å². The Balaban J connectivity index is 1.98. The number of carbonyl (C=O) groups excluding carboxylic acids is 1. The number of nitrogens with zero attached hydrogens (tertiary/aromatic N) is 1. The maximum Gasteiger partial charge on any atom is 0.227 e. The summed E-state index contributed by atoms with van der Waals surface area (Å²) in [5.41, 5.74) is 1.03. The zero-order valence-electron chi connectivity index (χ0n) is 12.1. The van der Waals surface area contributed by atoms with Gasteiger partial charge in [-0.2, -0.15) is 0 Å². The number of nitrogens with one attached hydrogen (secondary N) is 1. The Morgan fingerprint density at radius 1 is 1.33 bits per heavy atom. The lowest BCUT2D eigenvalue weighted by atomic mass is 9.97. The van der Waals surface area contributed by atoms with E-state index in [9.17, 15) is 17.6 Å². The summed E-state index contributed by atoms with van der Waals surface area (Å²) in [6.07, 6.45) is 2.06. The maximum absolute atomic E-state index is 13.6. The third-order valence-corrected chi connectivity index (χ3v) is 4.98. The summed E-state index contributed by atoms with van der Waals surface area (Å²) in [5.74, 6) is -1.02. The molecule has 1 aromatic carbocycles. The molecule has 1 N–H and O–H groups in total. The fourth-order valence-electron chi connectivity index (χ4n) is 2.42. The standard InChI is InChI=1S/C14H19FN2O3S/c1-10-3-4-12(15)13(9-10)16-14(18)11-5-7-17(8-6-11)21(2,19)20/h3-4,9,11H,5-8H2,1-2H3,(H,16,18). The summed E-state index contributed by atoms with van der Waals surface area (Å²) in [5, 5.41) is 2.59. The summed E-state index contributed by atoms with van der Waals surface area (Å²) >= 11 is 0. The Bertz CT molecular complexity index is 638. The van der Waals surface area contributed by atoms with E-state index in [1.165, 1.54) is 10.4 Å². The van der Waals surface area contributed by atoms with E-state index in [-0.39, 0.29) is 17.5 Å². The molecule has 7 heteroatoms. The molecule has 2 rings (SSSR count). The van der Waals surface area contributed by atoms with Gasteiger partial charge in [0.1, 0.15) is 5.82 Å². The van der Waals surface area contributed by atoms with Gasteiger partial charge in [0, 0.05) is 19.0 Å². The van der Waals surface area contributed by atoms with E-state index in [2.05, 4.69) is 5.32 Å². The molecule has 0 radical (unpaired) electrons. The van der Waals surface area contributed by atoms with Gasteiger partial charge >= 0.3 is 0 Å². The van der Waals surface area contributed by atoms with Gasteiger partial charge in [-0.1, -0.05) is 6.07 Å². The summed E-state index contributed by atoms with van der Waals surface area (Å²) in [4.78, 5) is 12.1. The largest absolute Gasteiger partial charge is 0.323 e. The number of sulfonamides is 1. The molecular formula is C14H19FN2O3S. The van der Waals surface area contributed by atoms with Gasteiger partial charge in [0.2, 0.25) is 15.9 Å². The van der Waals surface area contributed by atoms with Crippen molar-refractivity contribution in [3.8, 4) is 0 Å². The van der Waals surface area contributed by atoms with Crippen molar-refractivity contribution in [1.29, 1.82) is 0 Å². The van der Waals surface area contributed by atoms with Crippen LogP contribution in [0.5, 0.6) is 0 Å². The fraction of sp³-hybridized carbons (Fsp3) is 0.500. The number of rotatable bonds is 3. The molecule has 116 valence electrons. The first kappa shape index (κ1) is 15.9. The minimum Gasteiger partial charge on any atom is -0.323 e. The number of carbonyl (C=O) groups is 1. The number of halogens is 1. The minimum absolute atomic E-state index is 0.172. The molecule has 0 bridgehead atoms. The predicted molar refractivity (Wildman–Crippen MR) is 78.9 cm³/mol. The average Bonchev–Trinajstić information content (AvgIpc) is 2.42. The first-order valence-corrected chi connectivity index (χ1v) is 8.64. The van der Waals surface area contributed by atoms with Gasteiger partial charge in [0.25, 0.3) is 0 Å². The van der Waals surface area contributed by atoms with E-state index < -0.39 is 15.8 Å². The Kier molecular flexibility index (Phi) is 4.63. The molecule has 0 saturated carbocycles. The van der Waals surface area contributed by atoms with Crippen LogP contribution in [0.1, 0.15) is 18.4 Å². The van der Waals surface area contributed by atoms with E-state index in [4.69, 9.17) is 0 Å². The topological polar surface area (TPSA) is 66.5 Å². The lowest BCUT2D eigenvalue weighted by Crippen LogP contribution is -2.40. The molecule has 0 unspecified atom stereocenters. The van der Waals surface area contributed by atoms with Crippen LogP contribution >= 0.6 is 0 Å². The van der Waals surface area contributed by atoms with Gasteiger partial charge in [-0.3, -0.25) is 4.79 Å². The minimum atomic E-state index is -3.20. The predicted octanol–water partition coefficient (Wildman–Crippen LogP) is 1.74. The summed E-state index contributed by atoms with van der Waals surface area (Å²) < 4.78 is 37.8. The quantitative estimate of drug-likeness (QED) is 0.924. The van der Waals surface area contributed by atoms with Crippen LogP contribution in [0.2, 0.25) is 0 Å². The molecule has 0 aromatic heterocycles. The van der Waals surface area contributed by atoms with Crippen LogP contribution in [0.3, 0.4) is 0 Å². The Morgan fingerprint density at radius 2 is 1.95 bits per heavy atom. The molecule has 5 nitrogen and oxygen atoms in total. The van der Waals surface area contributed by atoms with Crippen molar-refractivity contribution >= 4 is 21.6 Å². The SMILES string of the molecule is Cc1ccc(F)c(NC(=O)C2CCN(S(C)(=O)=O)CC2)c1. The number of amides is 1. The smallest absolute Gasteiger partial charge is 0.227 e. The van der Waals surface area contributed by atoms with E-state index in [0.717, 1.165) is 11.8 Å². The van der Waals surface area contributed by atoms with Crippen LogP contribution in [-0.4, -0.2) is 38.0 Å². The molecule has 1 fully saturated rings. The highest BCUT2D eigenvalue weighted by Crippen LogP contribution is 2.22. The van der Waals surface area contributed by atoms with Crippen molar-refractivity contribution in [2.24, 2.45) is 5.92 Å². The summed E-state index contributed by atoms with van der Waals surface area (Å²) in [7, 11) is -3.20. The second-order valence-corrected chi connectivity index (χ2v) is 7.39. The second kappa shape index (κ2) is 6.11. The number of benzene rings is 1. The van der Waals surface area contributed by atoms with E-state index in [0.29, 0.717) is 25.9 Å². The number of hydrogen-bond acceptors (Lipinski definition) is 3. The summed E-state index contributed by atoms with van der Waals surface area (Å²) in [6, 6.07) is 4.53. The number of hydrogen-bond donors (Lipinski definition) is 1. The molecule has 0 spiro atoms. The zero-order chi connectivity index (χ0) is 15.6. The molecule has 1 aliphatic heterocycles. The third-order valence-electron chi connectivity index (χ3n) is 3.67. The van der Waals surface area contributed by atoms with Gasteiger partial charge in [0.05, 0.1) is 11.9 Å². The molecule has 0 aliphatic carbocycles. The maximum atomic E-state index is 13.6. The third kappa shape index (κ3) is 4.01. The Morgan fingerprint density at radius 3 is 2.52 bits per heavy atom. The van der Waals surface area contributed by atoms with Crippen LogP contribution in [-0.2, 0) is 14.8 Å². The van der Waals surface area contributed by atoms with Crippen molar-refractivity contribution in [2.45, 2.75) is 19.8 Å². The second-order valence-electron chi connectivity index (χ2n) is 5.41. The highest BCUT2D eigenvalue weighted by atomic mass is 32.2. The summed E-state index contributed by atoms with van der Waals surface area (Å²) in [6.45, 7) is 2.47. The van der Waals surface area contributed by atoms with Gasteiger partial charge in [-0.15, -0.1) is 0 Å². The molecule has 1 heterocycles. The highest BCUT2D eigenvalue weighted by molar-refractivity contribution is 7.88. The van der Waals surface area contributed by atoms with Gasteiger partial charge in [-0.25, -0.2) is 17.1 Å². The molecule has 1 aromatic rings. The molecule has 1 saturated heterocycles. The lowest BCUT2D eigenvalue weighted by molar-refractivity contribution is -0.120. The molecular weight excluding hydrogens is 295 g/mol. The molecule has 21 heavy (non-hydrogen) atoms. The van der Waals surface area contributed by atoms with Crippen LogP contribution in [0, 0.1) is 18.7 Å². The highest BCUT2D eigenvalue weighted by Gasteiger charge is 2.29. The monoisotopic (exact) mass is 314 g/mol. The Hall–Kier alpha value is -1.47. The van der Waals surface area contributed by atoms with Crippen LogP contribution in [0.4, 0.5) is 10.1 Å². The van der Waals surface area contributed by atoms with E-state index >= 15 is 0 Å². The van der Waals surface area contributed by atoms with Gasteiger partial charge in [-0.05, 0) is 37.5 Å². The van der Waals surface area contributed by atoms with E-state index in [1.807, 2.05) is 6.92 Å². The molecule has 1 amide bonds. The Labute approximate surface area is 124 Å².